The number of hydrogen-bond acceptors (Lipinski definition) is 4. The molecule has 33 heavy (non-hydrogen) atoms. The van der Waals surface area contributed by atoms with Crippen LogP contribution < -0.4 is 4.74 Å². The van der Waals surface area contributed by atoms with Crippen LogP contribution in [0.25, 0.3) is 0 Å². The van der Waals surface area contributed by atoms with Crippen molar-refractivity contribution < 1.29 is 14.4 Å². The van der Waals surface area contributed by atoms with Crippen molar-refractivity contribution in [3.8, 4) is 5.75 Å². The van der Waals surface area contributed by atoms with Gasteiger partial charge in [0.2, 0.25) is 5.91 Å². The molecule has 1 atom stereocenters. The molecule has 1 aliphatic rings. The topological polar surface area (TPSA) is 51.1 Å². The third kappa shape index (κ3) is 5.43. The maximum Gasteiger partial charge on any atom is 0.234 e. The molecule has 4 rings (SSSR count). The highest BCUT2D eigenvalue weighted by Gasteiger charge is 2.31. The zero-order valence-corrected chi connectivity index (χ0v) is 19.2. The molecule has 0 N–H and O–H groups in total. The maximum atomic E-state index is 13.9. The zero-order chi connectivity index (χ0) is 23.0. The molecule has 5 heteroatoms. The molecular formula is C28H30N2O3. The van der Waals surface area contributed by atoms with Crippen LogP contribution >= 0.6 is 0 Å². The number of carbonyl (C=O) groups excluding carboxylic acids is 1. The Balaban J connectivity index is 1.50. The van der Waals surface area contributed by atoms with Gasteiger partial charge < -0.3 is 14.5 Å². The number of carbonyl (C=O) groups is 1. The number of amides is 1. The summed E-state index contributed by atoms with van der Waals surface area (Å²) in [7, 11) is 1.65. The molecule has 0 spiro atoms. The molecular weight excluding hydrogens is 412 g/mol. The fourth-order valence-electron chi connectivity index (χ4n) is 4.24. The second kappa shape index (κ2) is 10.8. The van der Waals surface area contributed by atoms with Crippen molar-refractivity contribution in [3.05, 3.63) is 102 Å². The second-order valence-corrected chi connectivity index (χ2v) is 8.24. The molecule has 0 bridgehead atoms. The summed E-state index contributed by atoms with van der Waals surface area (Å²) in [6.45, 7) is 3.27. The Morgan fingerprint density at radius 1 is 1.00 bits per heavy atom. The van der Waals surface area contributed by atoms with Crippen LogP contribution in [-0.2, 0) is 9.63 Å². The number of rotatable bonds is 9. The highest BCUT2D eigenvalue weighted by atomic mass is 16.6. The fraction of sp³-hybridized carbons (Fsp3) is 0.286. The van der Waals surface area contributed by atoms with Gasteiger partial charge in [0.1, 0.15) is 5.75 Å². The number of benzene rings is 3. The van der Waals surface area contributed by atoms with E-state index in [1.54, 1.807) is 7.11 Å². The van der Waals surface area contributed by atoms with E-state index in [9.17, 15) is 4.79 Å². The van der Waals surface area contributed by atoms with Gasteiger partial charge >= 0.3 is 0 Å². The molecule has 1 amide bonds. The first-order valence-corrected chi connectivity index (χ1v) is 11.5. The van der Waals surface area contributed by atoms with E-state index in [0.717, 1.165) is 34.6 Å². The lowest BCUT2D eigenvalue weighted by Gasteiger charge is -2.29. The van der Waals surface area contributed by atoms with Crippen molar-refractivity contribution in [3.63, 3.8) is 0 Å². The number of ether oxygens (including phenoxy) is 1. The van der Waals surface area contributed by atoms with Crippen LogP contribution in [-0.4, -0.2) is 42.8 Å². The Labute approximate surface area is 195 Å². The molecule has 0 saturated heterocycles. The first-order chi connectivity index (χ1) is 16.2. The number of methoxy groups -OCH3 is 1. The predicted molar refractivity (Wildman–Crippen MR) is 131 cm³/mol. The van der Waals surface area contributed by atoms with Crippen molar-refractivity contribution in [1.29, 1.82) is 0 Å². The monoisotopic (exact) mass is 442 g/mol. The number of hydrogen-bond donors (Lipinski definition) is 0. The highest BCUT2D eigenvalue weighted by molar-refractivity contribution is 6.01. The summed E-state index contributed by atoms with van der Waals surface area (Å²) < 4.78 is 5.24. The van der Waals surface area contributed by atoms with Gasteiger partial charge in [-0.05, 0) is 47.4 Å². The molecule has 1 aliphatic heterocycles. The Morgan fingerprint density at radius 3 is 2.15 bits per heavy atom. The average Bonchev–Trinajstić information content (AvgIpc) is 3.34. The van der Waals surface area contributed by atoms with Gasteiger partial charge in [-0.1, -0.05) is 72.7 Å². The van der Waals surface area contributed by atoms with Crippen molar-refractivity contribution in [2.75, 3.05) is 20.2 Å². The normalized spacial score (nSPS) is 15.1. The fourth-order valence-corrected chi connectivity index (χ4v) is 4.24. The Morgan fingerprint density at radius 2 is 1.61 bits per heavy atom. The molecule has 170 valence electrons. The van der Waals surface area contributed by atoms with Crippen molar-refractivity contribution in [1.82, 2.24) is 4.90 Å². The van der Waals surface area contributed by atoms with Crippen LogP contribution in [0.4, 0.5) is 0 Å². The third-order valence-electron chi connectivity index (χ3n) is 5.90. The Kier molecular flexibility index (Phi) is 7.40. The molecule has 0 aliphatic carbocycles. The molecule has 5 nitrogen and oxygen atoms in total. The summed E-state index contributed by atoms with van der Waals surface area (Å²) in [5.74, 6) is 0.556. The van der Waals surface area contributed by atoms with Crippen LogP contribution in [0.15, 0.2) is 90.1 Å². The summed E-state index contributed by atoms with van der Waals surface area (Å²) in [5, 5.41) is 4.31. The Bertz CT molecular complexity index is 1030. The smallest absolute Gasteiger partial charge is 0.234 e. The first kappa shape index (κ1) is 22.6. The molecule has 0 radical (unpaired) electrons. The Hall–Kier alpha value is -3.60. The molecule has 0 unspecified atom stereocenters. The summed E-state index contributed by atoms with van der Waals surface area (Å²) in [5.41, 5.74) is 3.90. The third-order valence-corrected chi connectivity index (χ3v) is 5.90. The second-order valence-electron chi connectivity index (χ2n) is 8.24. The minimum absolute atomic E-state index is 0.0933. The number of nitrogens with zero attached hydrogens (tertiary/aromatic N) is 2. The van der Waals surface area contributed by atoms with Crippen LogP contribution in [0.2, 0.25) is 0 Å². The van der Waals surface area contributed by atoms with E-state index in [0.29, 0.717) is 19.5 Å². The molecule has 0 saturated carbocycles. The molecule has 3 aromatic carbocycles. The van der Waals surface area contributed by atoms with Gasteiger partial charge in [0.15, 0.2) is 6.10 Å². The predicted octanol–water partition coefficient (Wildman–Crippen LogP) is 5.26. The number of oxime groups is 1. The highest BCUT2D eigenvalue weighted by Crippen LogP contribution is 2.28. The summed E-state index contributed by atoms with van der Waals surface area (Å²) in [6.07, 6.45) is 1.38. The average molecular weight is 443 g/mol. The molecule has 0 fully saturated rings. The van der Waals surface area contributed by atoms with Crippen LogP contribution in [0.1, 0.15) is 42.4 Å². The van der Waals surface area contributed by atoms with E-state index < -0.39 is 0 Å². The van der Waals surface area contributed by atoms with Gasteiger partial charge in [-0.25, -0.2) is 0 Å². The van der Waals surface area contributed by atoms with Gasteiger partial charge in [-0.15, -0.1) is 0 Å². The van der Waals surface area contributed by atoms with Crippen molar-refractivity contribution in [2.45, 2.75) is 31.8 Å². The van der Waals surface area contributed by atoms with Gasteiger partial charge in [-0.3, -0.25) is 4.79 Å². The van der Waals surface area contributed by atoms with Gasteiger partial charge in [0.25, 0.3) is 0 Å². The standard InChI is InChI=1S/C28H30N2O3/c1-3-18-30(20-25-19-26(29-33-25)21-14-16-24(32-2)17-15-21)28(31)27(22-10-6-4-7-11-22)23-12-8-5-9-13-23/h4-17,25,27H,3,18-20H2,1-2H3/t25-/m1/s1. The molecule has 0 aromatic heterocycles. The van der Waals surface area contributed by atoms with Gasteiger partial charge in [0.05, 0.1) is 25.3 Å². The summed E-state index contributed by atoms with van der Waals surface area (Å²) in [6, 6.07) is 27.8. The lowest BCUT2D eigenvalue weighted by Crippen LogP contribution is -2.41. The van der Waals surface area contributed by atoms with Crippen LogP contribution in [0.5, 0.6) is 5.75 Å². The largest absolute Gasteiger partial charge is 0.497 e. The zero-order valence-electron chi connectivity index (χ0n) is 19.2. The van der Waals surface area contributed by atoms with E-state index in [4.69, 9.17) is 9.57 Å². The van der Waals surface area contributed by atoms with Crippen molar-refractivity contribution >= 4 is 11.6 Å². The van der Waals surface area contributed by atoms with Crippen LogP contribution in [0.3, 0.4) is 0 Å². The first-order valence-electron chi connectivity index (χ1n) is 11.5. The quantitative estimate of drug-likeness (QED) is 0.454. The van der Waals surface area contributed by atoms with Gasteiger partial charge in [-0.2, -0.15) is 0 Å². The summed E-state index contributed by atoms with van der Waals surface area (Å²) >= 11 is 0. The lowest BCUT2D eigenvalue weighted by atomic mass is 9.89. The SMILES string of the molecule is CCCN(C[C@H]1CC(c2ccc(OC)cc2)=NO1)C(=O)C(c1ccccc1)c1ccccc1. The molecule has 1 heterocycles. The van der Waals surface area contributed by atoms with Gasteiger partial charge in [0, 0.05) is 13.0 Å². The van der Waals surface area contributed by atoms with E-state index in [-0.39, 0.29) is 17.9 Å². The van der Waals surface area contributed by atoms with Crippen molar-refractivity contribution in [2.24, 2.45) is 5.16 Å². The van der Waals surface area contributed by atoms with Crippen LogP contribution in [0, 0.1) is 0 Å². The minimum atomic E-state index is -0.345. The van der Waals surface area contributed by atoms with E-state index >= 15 is 0 Å². The summed E-state index contributed by atoms with van der Waals surface area (Å²) in [4.78, 5) is 21.6. The minimum Gasteiger partial charge on any atom is -0.497 e. The van der Waals surface area contributed by atoms with E-state index in [1.165, 1.54) is 0 Å². The maximum absolute atomic E-state index is 13.9. The van der Waals surface area contributed by atoms with E-state index in [1.807, 2.05) is 89.8 Å². The lowest BCUT2D eigenvalue weighted by molar-refractivity contribution is -0.133. The molecule has 3 aromatic rings. The van der Waals surface area contributed by atoms with E-state index in [2.05, 4.69) is 12.1 Å².